The molecular formula is C19H23F. The summed E-state index contributed by atoms with van der Waals surface area (Å²) in [6.45, 7) is 6.70. The topological polar surface area (TPSA) is 0 Å². The van der Waals surface area contributed by atoms with Crippen LogP contribution >= 0.6 is 0 Å². The predicted octanol–water partition coefficient (Wildman–Crippen LogP) is 5.37. The Morgan fingerprint density at radius 3 is 2.15 bits per heavy atom. The lowest BCUT2D eigenvalue weighted by Crippen LogP contribution is -2.04. The van der Waals surface area contributed by atoms with Crippen LogP contribution in [0.3, 0.4) is 0 Å². The first kappa shape index (κ1) is 14.8. The number of halogens is 1. The molecule has 0 radical (unpaired) electrons. The van der Waals surface area contributed by atoms with Crippen molar-refractivity contribution in [2.24, 2.45) is 5.92 Å². The van der Waals surface area contributed by atoms with Gasteiger partial charge in [-0.25, -0.2) is 4.39 Å². The fourth-order valence-electron chi connectivity index (χ4n) is 2.58. The lowest BCUT2D eigenvalue weighted by molar-refractivity contribution is 0.574. The Balaban J connectivity index is 1.99. The highest BCUT2D eigenvalue weighted by molar-refractivity contribution is 5.26. The van der Waals surface area contributed by atoms with Gasteiger partial charge in [0.1, 0.15) is 5.82 Å². The van der Waals surface area contributed by atoms with Crippen LogP contribution in [0.1, 0.15) is 43.4 Å². The molecule has 2 aromatic carbocycles. The first-order chi connectivity index (χ1) is 9.54. The molecule has 0 nitrogen and oxygen atoms in total. The lowest BCUT2D eigenvalue weighted by Gasteiger charge is -2.13. The Kier molecular flexibility index (Phi) is 4.94. The summed E-state index contributed by atoms with van der Waals surface area (Å²) in [5.74, 6) is 0.969. The van der Waals surface area contributed by atoms with Gasteiger partial charge >= 0.3 is 0 Å². The molecule has 2 aromatic rings. The normalized spacial score (nSPS) is 12.7. The predicted molar refractivity (Wildman–Crippen MR) is 83.5 cm³/mol. The van der Waals surface area contributed by atoms with Gasteiger partial charge in [0.25, 0.3) is 0 Å². The van der Waals surface area contributed by atoms with Gasteiger partial charge in [0.05, 0.1) is 0 Å². The molecule has 20 heavy (non-hydrogen) atoms. The van der Waals surface area contributed by atoms with Gasteiger partial charge in [-0.1, -0.05) is 57.2 Å². The SMILES string of the molecule is CC(Cc1ccc(F)cc1)Cc1cccc(C(C)C)c1. The minimum absolute atomic E-state index is 0.161. The van der Waals surface area contributed by atoms with Crippen molar-refractivity contribution in [3.8, 4) is 0 Å². The van der Waals surface area contributed by atoms with E-state index in [1.807, 2.05) is 12.1 Å². The second-order valence-corrected chi connectivity index (χ2v) is 6.04. The minimum Gasteiger partial charge on any atom is -0.207 e. The van der Waals surface area contributed by atoms with Crippen LogP contribution in [0.5, 0.6) is 0 Å². The van der Waals surface area contributed by atoms with Crippen molar-refractivity contribution in [3.05, 3.63) is 71.0 Å². The molecule has 1 atom stereocenters. The molecule has 0 saturated heterocycles. The maximum absolute atomic E-state index is 12.9. The third-order valence-electron chi connectivity index (χ3n) is 3.70. The Bertz CT molecular complexity index is 540. The summed E-state index contributed by atoms with van der Waals surface area (Å²) in [5, 5.41) is 0. The average molecular weight is 270 g/mol. The Morgan fingerprint density at radius 2 is 1.50 bits per heavy atom. The molecule has 0 N–H and O–H groups in total. The molecule has 1 heteroatoms. The van der Waals surface area contributed by atoms with E-state index in [0.717, 1.165) is 12.8 Å². The van der Waals surface area contributed by atoms with Gasteiger partial charge in [-0.15, -0.1) is 0 Å². The monoisotopic (exact) mass is 270 g/mol. The van der Waals surface area contributed by atoms with E-state index in [1.54, 1.807) is 12.1 Å². The second kappa shape index (κ2) is 6.69. The molecule has 106 valence electrons. The fourth-order valence-corrected chi connectivity index (χ4v) is 2.58. The van der Waals surface area contributed by atoms with Crippen LogP contribution in [0.25, 0.3) is 0 Å². The van der Waals surface area contributed by atoms with Crippen LogP contribution in [-0.2, 0) is 12.8 Å². The standard InChI is InChI=1S/C19H23F/c1-14(2)18-6-4-5-17(13-18)12-15(3)11-16-7-9-19(20)10-8-16/h4-10,13-15H,11-12H2,1-3H3. The Morgan fingerprint density at radius 1 is 0.850 bits per heavy atom. The van der Waals surface area contributed by atoms with Gasteiger partial charge < -0.3 is 0 Å². The maximum atomic E-state index is 12.9. The van der Waals surface area contributed by atoms with E-state index in [2.05, 4.69) is 45.0 Å². The van der Waals surface area contributed by atoms with E-state index < -0.39 is 0 Å². The lowest BCUT2D eigenvalue weighted by atomic mass is 9.92. The molecule has 0 aliphatic heterocycles. The van der Waals surface area contributed by atoms with Gasteiger partial charge in [0, 0.05) is 0 Å². The average Bonchev–Trinajstić information content (AvgIpc) is 2.41. The maximum Gasteiger partial charge on any atom is 0.123 e. The van der Waals surface area contributed by atoms with E-state index in [9.17, 15) is 4.39 Å². The van der Waals surface area contributed by atoms with Gasteiger partial charge in [-0.3, -0.25) is 0 Å². The molecule has 0 bridgehead atoms. The van der Waals surface area contributed by atoms with Crippen LogP contribution in [0, 0.1) is 11.7 Å². The van der Waals surface area contributed by atoms with E-state index in [0.29, 0.717) is 11.8 Å². The molecule has 0 amide bonds. The first-order valence-corrected chi connectivity index (χ1v) is 7.38. The van der Waals surface area contributed by atoms with Crippen molar-refractivity contribution < 1.29 is 4.39 Å². The summed E-state index contributed by atoms with van der Waals surface area (Å²) >= 11 is 0. The van der Waals surface area contributed by atoms with Crippen molar-refractivity contribution in [2.45, 2.75) is 39.5 Å². The molecule has 1 unspecified atom stereocenters. The second-order valence-electron chi connectivity index (χ2n) is 6.04. The minimum atomic E-state index is -0.161. The van der Waals surface area contributed by atoms with Crippen molar-refractivity contribution in [1.82, 2.24) is 0 Å². The van der Waals surface area contributed by atoms with Crippen LogP contribution < -0.4 is 0 Å². The van der Waals surface area contributed by atoms with Crippen molar-refractivity contribution >= 4 is 0 Å². The zero-order chi connectivity index (χ0) is 14.5. The quantitative estimate of drug-likeness (QED) is 0.685. The van der Waals surface area contributed by atoms with E-state index in [-0.39, 0.29) is 5.82 Å². The molecular weight excluding hydrogens is 247 g/mol. The third kappa shape index (κ3) is 4.19. The molecule has 0 saturated carbocycles. The van der Waals surface area contributed by atoms with Crippen LogP contribution in [0.15, 0.2) is 48.5 Å². The highest BCUT2D eigenvalue weighted by Gasteiger charge is 2.07. The Hall–Kier alpha value is -1.63. The van der Waals surface area contributed by atoms with Crippen LogP contribution in [0.4, 0.5) is 4.39 Å². The number of hydrogen-bond acceptors (Lipinski definition) is 0. The third-order valence-corrected chi connectivity index (χ3v) is 3.70. The van der Waals surface area contributed by atoms with Crippen LogP contribution in [0.2, 0.25) is 0 Å². The number of hydrogen-bond donors (Lipinski definition) is 0. The van der Waals surface area contributed by atoms with Gasteiger partial charge in [0.2, 0.25) is 0 Å². The van der Waals surface area contributed by atoms with Crippen LogP contribution in [-0.4, -0.2) is 0 Å². The Labute approximate surface area is 121 Å². The fraction of sp³-hybridized carbons (Fsp3) is 0.368. The summed E-state index contributed by atoms with van der Waals surface area (Å²) in [6.07, 6.45) is 2.06. The summed E-state index contributed by atoms with van der Waals surface area (Å²) in [6, 6.07) is 15.7. The molecule has 0 fully saturated rings. The van der Waals surface area contributed by atoms with E-state index in [1.165, 1.54) is 16.7 Å². The van der Waals surface area contributed by atoms with E-state index >= 15 is 0 Å². The molecule has 0 heterocycles. The smallest absolute Gasteiger partial charge is 0.123 e. The first-order valence-electron chi connectivity index (χ1n) is 7.38. The number of benzene rings is 2. The van der Waals surface area contributed by atoms with E-state index in [4.69, 9.17) is 0 Å². The summed E-state index contributed by atoms with van der Waals surface area (Å²) in [5.41, 5.74) is 4.00. The molecule has 0 aliphatic rings. The number of rotatable bonds is 5. The highest BCUT2D eigenvalue weighted by Crippen LogP contribution is 2.19. The largest absolute Gasteiger partial charge is 0.207 e. The van der Waals surface area contributed by atoms with Gasteiger partial charge in [-0.05, 0) is 53.5 Å². The summed E-state index contributed by atoms with van der Waals surface area (Å²) in [7, 11) is 0. The molecule has 0 spiro atoms. The highest BCUT2D eigenvalue weighted by atomic mass is 19.1. The zero-order valence-corrected chi connectivity index (χ0v) is 12.6. The van der Waals surface area contributed by atoms with Gasteiger partial charge in [-0.2, -0.15) is 0 Å². The molecule has 0 aromatic heterocycles. The van der Waals surface area contributed by atoms with Crippen molar-refractivity contribution in [1.29, 1.82) is 0 Å². The zero-order valence-electron chi connectivity index (χ0n) is 12.6. The van der Waals surface area contributed by atoms with Gasteiger partial charge in [0.15, 0.2) is 0 Å². The summed E-state index contributed by atoms with van der Waals surface area (Å²) in [4.78, 5) is 0. The van der Waals surface area contributed by atoms with Crippen molar-refractivity contribution in [2.75, 3.05) is 0 Å². The molecule has 0 aliphatic carbocycles. The summed E-state index contributed by atoms with van der Waals surface area (Å²) < 4.78 is 12.9. The molecule has 2 rings (SSSR count). The van der Waals surface area contributed by atoms with Crippen molar-refractivity contribution in [3.63, 3.8) is 0 Å².